The highest BCUT2D eigenvalue weighted by Gasteiger charge is 2.43. The predicted molar refractivity (Wildman–Crippen MR) is 108 cm³/mol. The molecule has 5 heteroatoms. The number of aromatic nitrogens is 1. The lowest BCUT2D eigenvalue weighted by atomic mass is 9.73. The summed E-state index contributed by atoms with van der Waals surface area (Å²) in [6.45, 7) is 0.960. The molecule has 0 aliphatic carbocycles. The van der Waals surface area contributed by atoms with E-state index in [0.29, 0.717) is 38.8 Å². The van der Waals surface area contributed by atoms with Crippen LogP contribution in [0.15, 0.2) is 60.8 Å². The van der Waals surface area contributed by atoms with Crippen molar-refractivity contribution in [2.45, 2.75) is 31.1 Å². The highest BCUT2D eigenvalue weighted by atomic mass is 16.4. The quantitative estimate of drug-likeness (QED) is 0.712. The first-order valence-electron chi connectivity index (χ1n) is 9.72. The molecule has 1 aromatic heterocycles. The number of hydrogen-bond donors (Lipinski definition) is 2. The van der Waals surface area contributed by atoms with Crippen LogP contribution in [0.3, 0.4) is 0 Å². The molecule has 1 amide bonds. The summed E-state index contributed by atoms with van der Waals surface area (Å²) < 4.78 is 0. The average Bonchev–Trinajstić information content (AvgIpc) is 3.16. The first kappa shape index (κ1) is 18.3. The molecule has 3 aromatic rings. The summed E-state index contributed by atoms with van der Waals surface area (Å²) in [5.74, 6) is -0.707. The summed E-state index contributed by atoms with van der Waals surface area (Å²) in [4.78, 5) is 29.8. The summed E-state index contributed by atoms with van der Waals surface area (Å²) in [5.41, 5.74) is 2.16. The number of amides is 1. The fourth-order valence-corrected chi connectivity index (χ4v) is 4.26. The first-order valence-corrected chi connectivity index (χ1v) is 9.72. The highest BCUT2D eigenvalue weighted by molar-refractivity contribution is 5.85. The smallest absolute Gasteiger partial charge is 0.314 e. The first-order chi connectivity index (χ1) is 13.6. The van der Waals surface area contributed by atoms with Gasteiger partial charge < -0.3 is 15.0 Å². The van der Waals surface area contributed by atoms with E-state index in [4.69, 9.17) is 0 Å². The van der Waals surface area contributed by atoms with Gasteiger partial charge in [0.05, 0.1) is 5.41 Å². The Kier molecular flexibility index (Phi) is 4.90. The Hall–Kier alpha value is -3.08. The molecule has 4 rings (SSSR count). The summed E-state index contributed by atoms with van der Waals surface area (Å²) >= 11 is 0. The molecule has 0 spiro atoms. The maximum absolute atomic E-state index is 12.7. The molecule has 28 heavy (non-hydrogen) atoms. The fraction of sp³-hybridized carbons (Fsp3) is 0.304. The zero-order valence-corrected chi connectivity index (χ0v) is 15.7. The number of carbonyl (C=O) groups excluding carboxylic acids is 1. The van der Waals surface area contributed by atoms with Crippen molar-refractivity contribution in [3.05, 3.63) is 71.9 Å². The van der Waals surface area contributed by atoms with E-state index in [2.05, 4.69) is 11.1 Å². The standard InChI is InChI=1S/C23H24N2O3/c26-21(11-10-17-16-24-20-9-5-4-8-19(17)20)25-14-12-23(13-15-25,22(27)28)18-6-2-1-3-7-18/h1-9,16,24H,10-15H2,(H,27,28). The lowest BCUT2D eigenvalue weighted by Gasteiger charge is -2.39. The number of aryl methyl sites for hydroxylation is 1. The van der Waals surface area contributed by atoms with E-state index >= 15 is 0 Å². The molecular formula is C23H24N2O3. The van der Waals surface area contributed by atoms with Gasteiger partial charge in [0.1, 0.15) is 0 Å². The van der Waals surface area contributed by atoms with E-state index in [9.17, 15) is 14.7 Å². The van der Waals surface area contributed by atoms with Crippen molar-refractivity contribution < 1.29 is 14.7 Å². The molecule has 0 saturated carbocycles. The van der Waals surface area contributed by atoms with E-state index in [1.165, 1.54) is 0 Å². The molecule has 1 fully saturated rings. The Morgan fingerprint density at radius 1 is 1.00 bits per heavy atom. The van der Waals surface area contributed by atoms with Crippen molar-refractivity contribution in [2.24, 2.45) is 0 Å². The van der Waals surface area contributed by atoms with Crippen molar-refractivity contribution in [1.29, 1.82) is 0 Å². The van der Waals surface area contributed by atoms with Gasteiger partial charge in [-0.05, 0) is 36.5 Å². The molecular weight excluding hydrogens is 352 g/mol. The second-order valence-electron chi connectivity index (χ2n) is 7.49. The minimum absolute atomic E-state index is 0.0948. The van der Waals surface area contributed by atoms with Crippen molar-refractivity contribution in [2.75, 3.05) is 13.1 Å². The number of hydrogen-bond acceptors (Lipinski definition) is 2. The van der Waals surface area contributed by atoms with Gasteiger partial charge in [0.2, 0.25) is 5.91 Å². The molecule has 2 aromatic carbocycles. The molecule has 0 bridgehead atoms. The summed E-state index contributed by atoms with van der Waals surface area (Å²) in [5, 5.41) is 11.0. The number of nitrogens with zero attached hydrogens (tertiary/aromatic N) is 1. The van der Waals surface area contributed by atoms with Crippen LogP contribution in [0, 0.1) is 0 Å². The number of nitrogens with one attached hydrogen (secondary N) is 1. The van der Waals surface area contributed by atoms with Gasteiger partial charge in [-0.3, -0.25) is 9.59 Å². The van der Waals surface area contributed by atoms with Crippen LogP contribution in [0.25, 0.3) is 10.9 Å². The number of benzene rings is 2. The van der Waals surface area contributed by atoms with Gasteiger partial charge >= 0.3 is 5.97 Å². The fourth-order valence-electron chi connectivity index (χ4n) is 4.26. The largest absolute Gasteiger partial charge is 0.481 e. The monoisotopic (exact) mass is 376 g/mol. The van der Waals surface area contributed by atoms with Crippen molar-refractivity contribution >= 4 is 22.8 Å². The molecule has 0 radical (unpaired) electrons. The lowest BCUT2D eigenvalue weighted by Crippen LogP contribution is -2.49. The molecule has 5 nitrogen and oxygen atoms in total. The topological polar surface area (TPSA) is 73.4 Å². The SMILES string of the molecule is O=C(CCc1c[nH]c2ccccc12)N1CCC(C(=O)O)(c2ccccc2)CC1. The van der Waals surface area contributed by atoms with E-state index in [1.54, 1.807) is 0 Å². The minimum Gasteiger partial charge on any atom is -0.481 e. The zero-order valence-electron chi connectivity index (χ0n) is 15.7. The van der Waals surface area contributed by atoms with Crippen LogP contribution in [0.5, 0.6) is 0 Å². The minimum atomic E-state index is -0.894. The Labute approximate surface area is 164 Å². The molecule has 144 valence electrons. The second-order valence-corrected chi connectivity index (χ2v) is 7.49. The van der Waals surface area contributed by atoms with Crippen molar-refractivity contribution in [3.63, 3.8) is 0 Å². The highest BCUT2D eigenvalue weighted by Crippen LogP contribution is 2.36. The van der Waals surface area contributed by atoms with E-state index in [-0.39, 0.29) is 5.91 Å². The van der Waals surface area contributed by atoms with Gasteiger partial charge in [0.15, 0.2) is 0 Å². The van der Waals surface area contributed by atoms with E-state index in [1.807, 2.05) is 59.6 Å². The van der Waals surface area contributed by atoms with Crippen LogP contribution in [-0.4, -0.2) is 40.0 Å². The van der Waals surface area contributed by atoms with Crippen LogP contribution < -0.4 is 0 Å². The molecule has 2 N–H and O–H groups in total. The molecule has 0 atom stereocenters. The van der Waals surface area contributed by atoms with Crippen LogP contribution in [0.4, 0.5) is 0 Å². The predicted octanol–water partition coefficient (Wildman–Crippen LogP) is 3.75. The van der Waals surface area contributed by atoms with Crippen LogP contribution in [0.2, 0.25) is 0 Å². The Balaban J connectivity index is 1.40. The average molecular weight is 376 g/mol. The maximum atomic E-state index is 12.7. The third kappa shape index (κ3) is 3.28. The number of aromatic amines is 1. The Bertz CT molecular complexity index is 985. The Morgan fingerprint density at radius 3 is 2.39 bits per heavy atom. The summed E-state index contributed by atoms with van der Waals surface area (Å²) in [6, 6.07) is 17.5. The number of aliphatic carboxylic acids is 1. The third-order valence-electron chi connectivity index (χ3n) is 5.99. The summed E-state index contributed by atoms with van der Waals surface area (Å²) in [6.07, 6.45) is 3.99. The molecule has 1 saturated heterocycles. The number of rotatable bonds is 5. The van der Waals surface area contributed by atoms with Crippen molar-refractivity contribution in [3.8, 4) is 0 Å². The van der Waals surface area contributed by atoms with E-state index < -0.39 is 11.4 Å². The van der Waals surface area contributed by atoms with Gasteiger partial charge in [0, 0.05) is 36.6 Å². The molecule has 1 aliphatic heterocycles. The van der Waals surface area contributed by atoms with Crippen LogP contribution in [0.1, 0.15) is 30.4 Å². The van der Waals surface area contributed by atoms with Crippen LogP contribution >= 0.6 is 0 Å². The molecule has 1 aliphatic rings. The van der Waals surface area contributed by atoms with Gasteiger partial charge in [-0.25, -0.2) is 0 Å². The number of piperidine rings is 1. The second kappa shape index (κ2) is 7.50. The number of likely N-dealkylation sites (tertiary alicyclic amines) is 1. The van der Waals surface area contributed by atoms with Crippen molar-refractivity contribution in [1.82, 2.24) is 9.88 Å². The van der Waals surface area contributed by atoms with Gasteiger partial charge in [0.25, 0.3) is 0 Å². The number of para-hydroxylation sites is 1. The van der Waals surface area contributed by atoms with Gasteiger partial charge in [-0.15, -0.1) is 0 Å². The normalized spacial score (nSPS) is 16.2. The van der Waals surface area contributed by atoms with Crippen LogP contribution in [-0.2, 0) is 21.4 Å². The van der Waals surface area contributed by atoms with E-state index in [0.717, 1.165) is 22.0 Å². The number of H-pyrrole nitrogens is 1. The number of carbonyl (C=O) groups is 2. The van der Waals surface area contributed by atoms with Gasteiger partial charge in [-0.1, -0.05) is 48.5 Å². The Morgan fingerprint density at radius 2 is 1.68 bits per heavy atom. The number of carboxylic acids is 1. The zero-order chi connectivity index (χ0) is 19.6. The number of carboxylic acid groups (broad SMARTS) is 1. The molecule has 2 heterocycles. The third-order valence-corrected chi connectivity index (χ3v) is 5.99. The van der Waals surface area contributed by atoms with Gasteiger partial charge in [-0.2, -0.15) is 0 Å². The summed E-state index contributed by atoms with van der Waals surface area (Å²) in [7, 11) is 0. The number of fused-ring (bicyclic) bond motifs is 1. The molecule has 0 unspecified atom stereocenters. The maximum Gasteiger partial charge on any atom is 0.314 e. The lowest BCUT2D eigenvalue weighted by molar-refractivity contribution is -0.148.